The summed E-state index contributed by atoms with van der Waals surface area (Å²) in [5.41, 5.74) is 5.69. The standard InChI is InChI=1S/C19H27FN2O4/c1-25-18-5-3-14(13-16(18)20)17(23)4-6-19(24)22-10-7-15(8-11-22)26-12-2-9-21/h3,5,13,15H,2,4,6-12,21H2,1H3. The van der Waals surface area contributed by atoms with Crippen molar-refractivity contribution >= 4 is 11.7 Å². The zero-order valence-electron chi connectivity index (χ0n) is 15.2. The lowest BCUT2D eigenvalue weighted by atomic mass is 10.0. The molecule has 0 bridgehead atoms. The molecule has 0 saturated carbocycles. The molecule has 1 saturated heterocycles. The summed E-state index contributed by atoms with van der Waals surface area (Å²) in [7, 11) is 1.37. The molecule has 2 rings (SSSR count). The van der Waals surface area contributed by atoms with Gasteiger partial charge in [0, 0.05) is 38.1 Å². The number of methoxy groups -OCH3 is 1. The van der Waals surface area contributed by atoms with Gasteiger partial charge in [0.1, 0.15) is 0 Å². The Balaban J connectivity index is 1.75. The molecule has 144 valence electrons. The Labute approximate surface area is 153 Å². The minimum atomic E-state index is -0.582. The molecule has 0 aliphatic carbocycles. The van der Waals surface area contributed by atoms with Crippen LogP contribution in [-0.2, 0) is 9.53 Å². The van der Waals surface area contributed by atoms with Gasteiger partial charge in [-0.25, -0.2) is 4.39 Å². The Morgan fingerprint density at radius 2 is 2.00 bits per heavy atom. The van der Waals surface area contributed by atoms with Crippen LogP contribution < -0.4 is 10.5 Å². The molecule has 0 atom stereocenters. The predicted octanol–water partition coefficient (Wildman–Crippen LogP) is 2.15. The summed E-state index contributed by atoms with van der Waals surface area (Å²) >= 11 is 0. The third-order valence-corrected chi connectivity index (χ3v) is 4.54. The summed E-state index contributed by atoms with van der Waals surface area (Å²) in [6, 6.07) is 4.08. The zero-order chi connectivity index (χ0) is 18.9. The molecular weight excluding hydrogens is 339 g/mol. The molecule has 1 heterocycles. The summed E-state index contributed by atoms with van der Waals surface area (Å²) in [5, 5.41) is 0. The van der Waals surface area contributed by atoms with Crippen molar-refractivity contribution in [1.82, 2.24) is 4.90 Å². The first-order valence-electron chi connectivity index (χ1n) is 9.01. The van der Waals surface area contributed by atoms with Crippen LogP contribution in [0, 0.1) is 5.82 Å². The van der Waals surface area contributed by atoms with Crippen molar-refractivity contribution in [3.05, 3.63) is 29.6 Å². The molecule has 7 heteroatoms. The van der Waals surface area contributed by atoms with Gasteiger partial charge in [-0.05, 0) is 44.0 Å². The molecule has 0 radical (unpaired) electrons. The van der Waals surface area contributed by atoms with Crippen LogP contribution in [-0.4, -0.2) is 56.0 Å². The molecule has 26 heavy (non-hydrogen) atoms. The van der Waals surface area contributed by atoms with Crippen LogP contribution in [0.15, 0.2) is 18.2 Å². The monoisotopic (exact) mass is 366 g/mol. The molecule has 1 fully saturated rings. The molecule has 0 aromatic heterocycles. The number of nitrogens with zero attached hydrogens (tertiary/aromatic N) is 1. The van der Waals surface area contributed by atoms with Crippen LogP contribution in [0.25, 0.3) is 0 Å². The fourth-order valence-electron chi connectivity index (χ4n) is 2.97. The number of ketones is 1. The first-order valence-corrected chi connectivity index (χ1v) is 9.01. The molecule has 0 spiro atoms. The molecule has 2 N–H and O–H groups in total. The Bertz CT molecular complexity index is 616. The van der Waals surface area contributed by atoms with Gasteiger partial charge >= 0.3 is 0 Å². The van der Waals surface area contributed by atoms with Gasteiger partial charge in [-0.3, -0.25) is 9.59 Å². The van der Waals surface area contributed by atoms with Crippen molar-refractivity contribution in [3.8, 4) is 5.75 Å². The van der Waals surface area contributed by atoms with E-state index in [0.29, 0.717) is 26.2 Å². The van der Waals surface area contributed by atoms with Crippen molar-refractivity contribution in [2.45, 2.75) is 38.2 Å². The average molecular weight is 366 g/mol. The number of amides is 1. The lowest BCUT2D eigenvalue weighted by Gasteiger charge is -2.32. The second kappa shape index (κ2) is 10.2. The van der Waals surface area contributed by atoms with Gasteiger partial charge < -0.3 is 20.1 Å². The number of likely N-dealkylation sites (tertiary alicyclic amines) is 1. The van der Waals surface area contributed by atoms with Gasteiger partial charge in [0.15, 0.2) is 17.3 Å². The van der Waals surface area contributed by atoms with E-state index in [0.717, 1.165) is 25.3 Å². The van der Waals surface area contributed by atoms with E-state index in [1.807, 2.05) is 0 Å². The van der Waals surface area contributed by atoms with Crippen LogP contribution in [0.2, 0.25) is 0 Å². The van der Waals surface area contributed by atoms with E-state index in [2.05, 4.69) is 0 Å². The van der Waals surface area contributed by atoms with Gasteiger partial charge in [0.25, 0.3) is 0 Å². The number of ether oxygens (including phenoxy) is 2. The highest BCUT2D eigenvalue weighted by atomic mass is 19.1. The van der Waals surface area contributed by atoms with Gasteiger partial charge in [0.2, 0.25) is 5.91 Å². The lowest BCUT2D eigenvalue weighted by molar-refractivity contribution is -0.133. The highest BCUT2D eigenvalue weighted by Gasteiger charge is 2.23. The van der Waals surface area contributed by atoms with Crippen molar-refractivity contribution in [2.24, 2.45) is 5.73 Å². The second-order valence-electron chi connectivity index (χ2n) is 6.37. The zero-order valence-corrected chi connectivity index (χ0v) is 15.2. The van der Waals surface area contributed by atoms with E-state index in [-0.39, 0.29) is 41.9 Å². The Morgan fingerprint density at radius 1 is 1.27 bits per heavy atom. The lowest BCUT2D eigenvalue weighted by Crippen LogP contribution is -2.41. The highest BCUT2D eigenvalue weighted by molar-refractivity contribution is 5.98. The number of halogens is 1. The number of rotatable bonds is 9. The highest BCUT2D eigenvalue weighted by Crippen LogP contribution is 2.20. The van der Waals surface area contributed by atoms with Crippen molar-refractivity contribution in [2.75, 3.05) is 33.4 Å². The minimum Gasteiger partial charge on any atom is -0.494 e. The quantitative estimate of drug-likeness (QED) is 0.535. The normalized spacial score (nSPS) is 15.1. The van der Waals surface area contributed by atoms with Crippen LogP contribution >= 0.6 is 0 Å². The third-order valence-electron chi connectivity index (χ3n) is 4.54. The van der Waals surface area contributed by atoms with Crippen molar-refractivity contribution < 1.29 is 23.5 Å². The van der Waals surface area contributed by atoms with Crippen LogP contribution in [0.3, 0.4) is 0 Å². The second-order valence-corrected chi connectivity index (χ2v) is 6.37. The smallest absolute Gasteiger partial charge is 0.223 e. The van der Waals surface area contributed by atoms with E-state index in [4.69, 9.17) is 15.2 Å². The largest absolute Gasteiger partial charge is 0.494 e. The fourth-order valence-corrected chi connectivity index (χ4v) is 2.97. The van der Waals surface area contributed by atoms with Gasteiger partial charge in [0.05, 0.1) is 13.2 Å². The minimum absolute atomic E-state index is 0.0484. The summed E-state index contributed by atoms with van der Waals surface area (Å²) in [4.78, 5) is 26.2. The van der Waals surface area contributed by atoms with Crippen molar-refractivity contribution in [3.63, 3.8) is 0 Å². The van der Waals surface area contributed by atoms with Crippen molar-refractivity contribution in [1.29, 1.82) is 0 Å². The molecule has 1 aliphatic rings. The summed E-state index contributed by atoms with van der Waals surface area (Å²) in [6.45, 7) is 2.54. The predicted molar refractivity (Wildman–Crippen MR) is 95.7 cm³/mol. The SMILES string of the molecule is COc1ccc(C(=O)CCC(=O)N2CCC(OCCCN)CC2)cc1F. The Kier molecular flexibility index (Phi) is 8.00. The molecule has 1 amide bonds. The number of benzene rings is 1. The number of carbonyl (C=O) groups is 2. The summed E-state index contributed by atoms with van der Waals surface area (Å²) < 4.78 is 24.2. The maximum atomic E-state index is 13.7. The average Bonchev–Trinajstić information content (AvgIpc) is 2.66. The molecule has 6 nitrogen and oxygen atoms in total. The molecule has 1 aromatic rings. The van der Waals surface area contributed by atoms with E-state index < -0.39 is 5.82 Å². The topological polar surface area (TPSA) is 81.9 Å². The Morgan fingerprint density at radius 3 is 2.62 bits per heavy atom. The van der Waals surface area contributed by atoms with E-state index in [1.165, 1.54) is 19.2 Å². The number of piperidine rings is 1. The summed E-state index contributed by atoms with van der Waals surface area (Å²) in [6.07, 6.45) is 2.81. The summed E-state index contributed by atoms with van der Waals surface area (Å²) in [5.74, 6) is -0.789. The van der Waals surface area contributed by atoms with Gasteiger partial charge in [-0.2, -0.15) is 0 Å². The molecule has 0 unspecified atom stereocenters. The number of nitrogens with two attached hydrogens (primary N) is 1. The molecule has 1 aliphatic heterocycles. The van der Waals surface area contributed by atoms with Crippen LogP contribution in [0.4, 0.5) is 4.39 Å². The number of hydrogen-bond acceptors (Lipinski definition) is 5. The molecule has 1 aromatic carbocycles. The first kappa shape index (κ1) is 20.3. The van der Waals surface area contributed by atoms with E-state index in [1.54, 1.807) is 4.90 Å². The number of Topliss-reactive ketones (excluding diaryl/α,β-unsaturated/α-hetero) is 1. The van der Waals surface area contributed by atoms with Crippen LogP contribution in [0.5, 0.6) is 5.75 Å². The van der Waals surface area contributed by atoms with E-state index >= 15 is 0 Å². The maximum Gasteiger partial charge on any atom is 0.223 e. The number of carbonyl (C=O) groups excluding carboxylic acids is 2. The third kappa shape index (κ3) is 5.78. The number of hydrogen-bond donors (Lipinski definition) is 1. The Hall–Kier alpha value is -1.99. The van der Waals surface area contributed by atoms with Crippen LogP contribution in [0.1, 0.15) is 42.5 Å². The van der Waals surface area contributed by atoms with Gasteiger partial charge in [-0.15, -0.1) is 0 Å². The van der Waals surface area contributed by atoms with E-state index in [9.17, 15) is 14.0 Å². The molecular formula is C19H27FN2O4. The fraction of sp³-hybridized carbons (Fsp3) is 0.579. The van der Waals surface area contributed by atoms with Gasteiger partial charge in [-0.1, -0.05) is 0 Å². The maximum absolute atomic E-state index is 13.7. The first-order chi connectivity index (χ1) is 12.5.